The highest BCUT2D eigenvalue weighted by atomic mass is 32.1. The molecule has 1 atom stereocenters. The number of benzene rings is 1. The molecule has 5 rings (SSSR count). The summed E-state index contributed by atoms with van der Waals surface area (Å²) in [5, 5.41) is 5.39. The zero-order valence-electron chi connectivity index (χ0n) is 18.9. The molecule has 1 saturated carbocycles. The van der Waals surface area contributed by atoms with Crippen LogP contribution in [0.1, 0.15) is 67.9 Å². The molecule has 2 aromatic heterocycles. The number of carbonyl (C=O) groups excluding carboxylic acids is 2. The first-order chi connectivity index (χ1) is 15.5. The van der Waals surface area contributed by atoms with Crippen LogP contribution in [0.2, 0.25) is 0 Å². The fourth-order valence-corrected chi connectivity index (χ4v) is 6.07. The van der Waals surface area contributed by atoms with Gasteiger partial charge in [-0.3, -0.25) is 14.5 Å². The van der Waals surface area contributed by atoms with Crippen LogP contribution in [-0.4, -0.2) is 28.0 Å². The minimum atomic E-state index is -1.00. The average Bonchev–Trinajstić information content (AvgIpc) is 3.34. The molecule has 0 saturated heterocycles. The van der Waals surface area contributed by atoms with E-state index < -0.39 is 5.54 Å². The number of hydrogen-bond donors (Lipinski definition) is 1. The van der Waals surface area contributed by atoms with Gasteiger partial charge in [0, 0.05) is 11.7 Å². The van der Waals surface area contributed by atoms with Gasteiger partial charge in [-0.05, 0) is 56.3 Å². The van der Waals surface area contributed by atoms with Crippen molar-refractivity contribution in [2.75, 3.05) is 4.90 Å². The van der Waals surface area contributed by atoms with E-state index in [4.69, 9.17) is 0 Å². The standard InChI is InChI=1S/C26H31N3O2S/c1-18-10-12-20(13-11-18)29-24(30)22-16-23-21(14-15-32-23)28(22)17-26(29,2)25(31)27-19-8-6-4-3-5-7-9-19/h10-16,19H,3-9,17H2,1-2H3,(H,27,31)/t26-/m0/s1. The van der Waals surface area contributed by atoms with Crippen molar-refractivity contribution in [3.63, 3.8) is 0 Å². The van der Waals surface area contributed by atoms with Gasteiger partial charge in [0.05, 0.1) is 16.8 Å². The third kappa shape index (κ3) is 3.64. The Morgan fingerprint density at radius 3 is 2.47 bits per heavy atom. The summed E-state index contributed by atoms with van der Waals surface area (Å²) in [5.41, 5.74) is 2.58. The van der Waals surface area contributed by atoms with Crippen LogP contribution in [0.3, 0.4) is 0 Å². The molecule has 1 fully saturated rings. The molecule has 1 aliphatic heterocycles. The average molecular weight is 450 g/mol. The van der Waals surface area contributed by atoms with Crippen LogP contribution in [0, 0.1) is 6.92 Å². The van der Waals surface area contributed by atoms with Gasteiger partial charge < -0.3 is 9.88 Å². The highest BCUT2D eigenvalue weighted by Gasteiger charge is 2.49. The molecule has 0 spiro atoms. The second-order valence-electron chi connectivity index (χ2n) is 9.55. The number of nitrogens with one attached hydrogen (secondary N) is 1. The lowest BCUT2D eigenvalue weighted by Crippen LogP contribution is -2.65. The maximum absolute atomic E-state index is 13.9. The molecule has 0 bridgehead atoms. The second-order valence-corrected chi connectivity index (χ2v) is 10.5. The van der Waals surface area contributed by atoms with E-state index in [0.717, 1.165) is 47.2 Å². The largest absolute Gasteiger partial charge is 0.351 e. The normalized spacial score (nSPS) is 22.4. The van der Waals surface area contributed by atoms with E-state index in [-0.39, 0.29) is 17.9 Å². The van der Waals surface area contributed by atoms with Crippen molar-refractivity contribution in [1.82, 2.24) is 9.88 Å². The van der Waals surface area contributed by atoms with E-state index in [1.54, 1.807) is 16.2 Å². The van der Waals surface area contributed by atoms with Gasteiger partial charge >= 0.3 is 0 Å². The Morgan fingerprint density at radius 2 is 1.75 bits per heavy atom. The maximum Gasteiger partial charge on any atom is 0.275 e. The Kier molecular flexibility index (Phi) is 5.58. The molecule has 2 amide bonds. The number of rotatable bonds is 3. The first-order valence-corrected chi connectivity index (χ1v) is 12.6. The molecule has 1 N–H and O–H groups in total. The summed E-state index contributed by atoms with van der Waals surface area (Å²) in [4.78, 5) is 29.4. The van der Waals surface area contributed by atoms with E-state index in [1.165, 1.54) is 19.3 Å². The summed E-state index contributed by atoms with van der Waals surface area (Å²) in [6.07, 6.45) is 8.11. The molecule has 1 aliphatic carbocycles. The van der Waals surface area contributed by atoms with Crippen molar-refractivity contribution < 1.29 is 9.59 Å². The molecular weight excluding hydrogens is 418 g/mol. The predicted molar refractivity (Wildman–Crippen MR) is 130 cm³/mol. The number of aryl methyl sites for hydroxylation is 1. The molecule has 32 heavy (non-hydrogen) atoms. The number of thiophene rings is 1. The summed E-state index contributed by atoms with van der Waals surface area (Å²) in [6, 6.07) is 12.1. The first-order valence-electron chi connectivity index (χ1n) is 11.8. The summed E-state index contributed by atoms with van der Waals surface area (Å²) < 4.78 is 3.12. The maximum atomic E-state index is 13.9. The first kappa shape index (κ1) is 21.3. The van der Waals surface area contributed by atoms with Crippen LogP contribution >= 0.6 is 11.3 Å². The van der Waals surface area contributed by atoms with Crippen molar-refractivity contribution in [3.05, 3.63) is 53.0 Å². The van der Waals surface area contributed by atoms with Crippen LogP contribution in [0.25, 0.3) is 10.2 Å². The Morgan fingerprint density at radius 1 is 1.06 bits per heavy atom. The number of carbonyl (C=O) groups is 2. The quantitative estimate of drug-likeness (QED) is 0.561. The van der Waals surface area contributed by atoms with E-state index >= 15 is 0 Å². The Bertz CT molecular complexity index is 1140. The molecule has 5 nitrogen and oxygen atoms in total. The summed E-state index contributed by atoms with van der Waals surface area (Å²) in [7, 11) is 0. The topological polar surface area (TPSA) is 54.3 Å². The van der Waals surface area contributed by atoms with Crippen LogP contribution in [0.15, 0.2) is 41.8 Å². The highest BCUT2D eigenvalue weighted by Crippen LogP contribution is 2.37. The van der Waals surface area contributed by atoms with E-state index in [9.17, 15) is 9.59 Å². The SMILES string of the molecule is Cc1ccc(N2C(=O)c3cc4sccc4n3C[C@@]2(C)C(=O)NC2CCCCCCC2)cc1. The Labute approximate surface area is 193 Å². The zero-order valence-corrected chi connectivity index (χ0v) is 19.7. The van der Waals surface area contributed by atoms with E-state index in [1.807, 2.05) is 60.2 Å². The molecule has 0 unspecified atom stereocenters. The van der Waals surface area contributed by atoms with Crippen molar-refractivity contribution in [2.45, 2.75) is 76.9 Å². The van der Waals surface area contributed by atoms with Crippen LogP contribution in [0.4, 0.5) is 5.69 Å². The van der Waals surface area contributed by atoms with Gasteiger partial charge in [0.1, 0.15) is 11.2 Å². The second kappa shape index (κ2) is 8.39. The number of nitrogens with zero attached hydrogens (tertiary/aromatic N) is 2. The van der Waals surface area contributed by atoms with Crippen molar-refractivity contribution >= 4 is 39.1 Å². The smallest absolute Gasteiger partial charge is 0.275 e. The summed E-state index contributed by atoms with van der Waals surface area (Å²) in [6.45, 7) is 4.40. The van der Waals surface area contributed by atoms with Gasteiger partial charge in [-0.1, -0.05) is 49.8 Å². The molecule has 0 radical (unpaired) electrons. The molecule has 3 aromatic rings. The molecule has 6 heteroatoms. The van der Waals surface area contributed by atoms with E-state index in [0.29, 0.717) is 12.2 Å². The number of amides is 2. The fraction of sp³-hybridized carbons (Fsp3) is 0.462. The predicted octanol–water partition coefficient (Wildman–Crippen LogP) is 5.66. The minimum Gasteiger partial charge on any atom is -0.351 e. The third-order valence-corrected chi connectivity index (χ3v) is 7.98. The van der Waals surface area contributed by atoms with Gasteiger partial charge in [0.2, 0.25) is 5.91 Å². The van der Waals surface area contributed by atoms with Gasteiger partial charge in [-0.2, -0.15) is 0 Å². The van der Waals surface area contributed by atoms with Gasteiger partial charge in [-0.15, -0.1) is 11.3 Å². The Balaban J connectivity index is 1.54. The number of fused-ring (bicyclic) bond motifs is 3. The molecule has 3 heterocycles. The number of aromatic nitrogens is 1. The molecular formula is C26H31N3O2S. The number of hydrogen-bond acceptors (Lipinski definition) is 3. The lowest BCUT2D eigenvalue weighted by molar-refractivity contribution is -0.127. The lowest BCUT2D eigenvalue weighted by atomic mass is 9.91. The van der Waals surface area contributed by atoms with Crippen molar-refractivity contribution in [3.8, 4) is 0 Å². The summed E-state index contributed by atoms with van der Waals surface area (Å²) >= 11 is 1.63. The van der Waals surface area contributed by atoms with Gasteiger partial charge in [0.15, 0.2) is 0 Å². The van der Waals surface area contributed by atoms with Crippen LogP contribution in [-0.2, 0) is 11.3 Å². The third-order valence-electron chi connectivity index (χ3n) is 7.13. The van der Waals surface area contributed by atoms with Crippen LogP contribution < -0.4 is 10.2 Å². The fourth-order valence-electron chi connectivity index (χ4n) is 5.25. The van der Waals surface area contributed by atoms with E-state index in [2.05, 4.69) is 5.32 Å². The lowest BCUT2D eigenvalue weighted by Gasteiger charge is -2.44. The molecule has 168 valence electrons. The van der Waals surface area contributed by atoms with Gasteiger partial charge in [0.25, 0.3) is 5.91 Å². The van der Waals surface area contributed by atoms with Crippen molar-refractivity contribution in [1.29, 1.82) is 0 Å². The number of anilines is 1. The summed E-state index contributed by atoms with van der Waals surface area (Å²) in [5.74, 6) is -0.168. The van der Waals surface area contributed by atoms with Crippen molar-refractivity contribution in [2.24, 2.45) is 0 Å². The minimum absolute atomic E-state index is 0.0558. The molecule has 1 aromatic carbocycles. The Hall–Kier alpha value is -2.60. The van der Waals surface area contributed by atoms with Crippen LogP contribution in [0.5, 0.6) is 0 Å². The monoisotopic (exact) mass is 449 g/mol. The van der Waals surface area contributed by atoms with Gasteiger partial charge in [-0.25, -0.2) is 0 Å². The highest BCUT2D eigenvalue weighted by molar-refractivity contribution is 7.17. The molecule has 2 aliphatic rings. The zero-order chi connectivity index (χ0) is 22.3.